The van der Waals surface area contributed by atoms with Crippen molar-refractivity contribution in [2.75, 3.05) is 6.54 Å². The van der Waals surface area contributed by atoms with Crippen LogP contribution in [-0.4, -0.2) is 43.9 Å². The summed E-state index contributed by atoms with van der Waals surface area (Å²) in [5.74, 6) is 0.794. The summed E-state index contributed by atoms with van der Waals surface area (Å²) in [6.07, 6.45) is 6.62. The number of carboxylic acids is 1. The topological polar surface area (TPSA) is 106 Å². The van der Waals surface area contributed by atoms with Crippen molar-refractivity contribution in [2.45, 2.75) is 46.1 Å². The maximum Gasteiger partial charge on any atom is 0.305 e. The van der Waals surface area contributed by atoms with Crippen LogP contribution in [0.1, 0.15) is 49.3 Å². The van der Waals surface area contributed by atoms with Gasteiger partial charge in [0.05, 0.1) is 18.7 Å². The molecule has 1 aliphatic heterocycles. The lowest BCUT2D eigenvalue weighted by atomic mass is 9.76. The number of amidine groups is 1. The van der Waals surface area contributed by atoms with Gasteiger partial charge in [-0.15, -0.1) is 0 Å². The van der Waals surface area contributed by atoms with Gasteiger partial charge in [-0.3, -0.25) is 9.79 Å². The van der Waals surface area contributed by atoms with E-state index < -0.39 is 5.97 Å². The molecule has 8 heteroatoms. The van der Waals surface area contributed by atoms with E-state index in [4.69, 9.17) is 14.6 Å². The molecule has 5 rings (SSSR count). The van der Waals surface area contributed by atoms with Gasteiger partial charge in [-0.1, -0.05) is 19.0 Å². The van der Waals surface area contributed by atoms with Crippen molar-refractivity contribution in [1.29, 1.82) is 0 Å². The van der Waals surface area contributed by atoms with Crippen LogP contribution in [0.5, 0.6) is 0 Å². The Labute approximate surface area is 173 Å². The molecule has 3 aromatic heterocycles. The molecule has 0 saturated carbocycles. The van der Waals surface area contributed by atoms with Crippen LogP contribution in [0.15, 0.2) is 39.0 Å². The molecule has 0 unspecified atom stereocenters. The molecule has 1 N–H and O–H groups in total. The van der Waals surface area contributed by atoms with Crippen LogP contribution in [0.4, 0.5) is 0 Å². The summed E-state index contributed by atoms with van der Waals surface area (Å²) in [5.41, 5.74) is 4.70. The zero-order chi connectivity index (χ0) is 20.9. The van der Waals surface area contributed by atoms with E-state index >= 15 is 0 Å². The Bertz CT molecular complexity index is 1210. The minimum atomic E-state index is -0.825. The van der Waals surface area contributed by atoms with E-state index in [9.17, 15) is 4.79 Å². The highest BCUT2D eigenvalue weighted by Crippen LogP contribution is 2.36. The molecule has 4 heterocycles. The minimum Gasteiger partial charge on any atom is -0.481 e. The van der Waals surface area contributed by atoms with Gasteiger partial charge in [0.1, 0.15) is 17.1 Å². The maximum atomic E-state index is 10.8. The number of aryl methyl sites for hydroxylation is 1. The van der Waals surface area contributed by atoms with Crippen LogP contribution < -0.4 is 0 Å². The Morgan fingerprint density at radius 3 is 3.07 bits per heavy atom. The first-order valence-corrected chi connectivity index (χ1v) is 10.2. The summed E-state index contributed by atoms with van der Waals surface area (Å²) in [6, 6.07) is 3.93. The second kappa shape index (κ2) is 6.90. The van der Waals surface area contributed by atoms with E-state index in [-0.39, 0.29) is 11.8 Å². The lowest BCUT2D eigenvalue weighted by Crippen LogP contribution is -2.22. The largest absolute Gasteiger partial charge is 0.481 e. The van der Waals surface area contributed by atoms with Gasteiger partial charge in [-0.25, -0.2) is 9.98 Å². The number of rotatable bonds is 5. The highest BCUT2D eigenvalue weighted by Gasteiger charge is 2.32. The first-order chi connectivity index (χ1) is 14.4. The van der Waals surface area contributed by atoms with Crippen molar-refractivity contribution in [3.05, 3.63) is 47.1 Å². The van der Waals surface area contributed by atoms with Crippen molar-refractivity contribution < 1.29 is 14.4 Å². The molecule has 8 nitrogen and oxygen atoms in total. The summed E-state index contributed by atoms with van der Waals surface area (Å²) in [6.45, 7) is 5.38. The Kier molecular flexibility index (Phi) is 4.30. The van der Waals surface area contributed by atoms with E-state index in [1.165, 1.54) is 5.56 Å². The standard InChI is InChI=1S/C22H23N5O3/c1-22(2)6-3-15-17(10-22)30-26-19(15)16-12-23-20(25-16)14-9-13-4-7-27(8-5-18(28)29)21(13)24-11-14/h4,7,9,11H,3,5-6,8,10,12H2,1-2H3,(H,28,29). The molecule has 2 aliphatic rings. The van der Waals surface area contributed by atoms with Gasteiger partial charge in [0.15, 0.2) is 5.84 Å². The summed E-state index contributed by atoms with van der Waals surface area (Å²) < 4.78 is 7.49. The van der Waals surface area contributed by atoms with Crippen molar-refractivity contribution in [2.24, 2.45) is 15.4 Å². The fourth-order valence-corrected chi connectivity index (χ4v) is 4.18. The van der Waals surface area contributed by atoms with Gasteiger partial charge in [-0.05, 0) is 30.4 Å². The maximum absolute atomic E-state index is 10.8. The number of aromatic nitrogens is 3. The van der Waals surface area contributed by atoms with Crippen molar-refractivity contribution >= 4 is 28.6 Å². The highest BCUT2D eigenvalue weighted by molar-refractivity contribution is 6.17. The monoisotopic (exact) mass is 405 g/mol. The van der Waals surface area contributed by atoms with E-state index in [0.29, 0.717) is 18.9 Å². The van der Waals surface area contributed by atoms with Crippen molar-refractivity contribution in [1.82, 2.24) is 14.7 Å². The summed E-state index contributed by atoms with van der Waals surface area (Å²) in [7, 11) is 0. The van der Waals surface area contributed by atoms with Gasteiger partial charge >= 0.3 is 5.97 Å². The van der Waals surface area contributed by atoms with E-state index in [1.54, 1.807) is 6.20 Å². The first kappa shape index (κ1) is 18.7. The number of aliphatic carboxylic acids is 1. The molecule has 0 radical (unpaired) electrons. The third-order valence-corrected chi connectivity index (χ3v) is 5.88. The second-order valence-electron chi connectivity index (χ2n) is 8.76. The van der Waals surface area contributed by atoms with E-state index in [1.807, 2.05) is 22.9 Å². The number of carboxylic acid groups (broad SMARTS) is 1. The van der Waals surface area contributed by atoms with Gasteiger partial charge < -0.3 is 14.2 Å². The lowest BCUT2D eigenvalue weighted by Gasteiger charge is -2.27. The van der Waals surface area contributed by atoms with Gasteiger partial charge in [0, 0.05) is 41.9 Å². The average Bonchev–Trinajstić information content (AvgIpc) is 3.42. The quantitative estimate of drug-likeness (QED) is 0.701. The normalized spacial score (nSPS) is 17.7. The predicted octanol–water partition coefficient (Wildman–Crippen LogP) is 3.26. The molecule has 0 amide bonds. The van der Waals surface area contributed by atoms with E-state index in [2.05, 4.69) is 29.0 Å². The van der Waals surface area contributed by atoms with Crippen molar-refractivity contribution in [3.63, 3.8) is 0 Å². The van der Waals surface area contributed by atoms with Crippen LogP contribution in [0.3, 0.4) is 0 Å². The van der Waals surface area contributed by atoms with Crippen LogP contribution in [0, 0.1) is 5.41 Å². The number of nitrogens with zero attached hydrogens (tertiary/aromatic N) is 5. The molecule has 30 heavy (non-hydrogen) atoms. The molecular formula is C22H23N5O3. The Hall–Kier alpha value is -3.29. The van der Waals surface area contributed by atoms with Crippen LogP contribution >= 0.6 is 0 Å². The number of aliphatic imine (C=N–C) groups is 2. The molecule has 0 saturated heterocycles. The number of hydrogen-bond acceptors (Lipinski definition) is 6. The molecule has 0 bridgehead atoms. The first-order valence-electron chi connectivity index (χ1n) is 10.2. The molecule has 3 aromatic rings. The van der Waals surface area contributed by atoms with Gasteiger partial charge in [0.25, 0.3) is 0 Å². The van der Waals surface area contributed by atoms with Crippen LogP contribution in [-0.2, 0) is 24.2 Å². The highest BCUT2D eigenvalue weighted by atomic mass is 16.5. The average molecular weight is 405 g/mol. The SMILES string of the molecule is CC1(C)CCc2c(C3=NC(c4cnc5c(ccn5CCC(=O)O)c4)=NC3)noc2C1. The van der Waals surface area contributed by atoms with Gasteiger partial charge in [-0.2, -0.15) is 0 Å². The van der Waals surface area contributed by atoms with Crippen molar-refractivity contribution in [3.8, 4) is 0 Å². The number of hydrogen-bond donors (Lipinski definition) is 1. The molecule has 154 valence electrons. The zero-order valence-electron chi connectivity index (χ0n) is 17.1. The Balaban J connectivity index is 1.40. The Morgan fingerprint density at radius 1 is 1.37 bits per heavy atom. The number of fused-ring (bicyclic) bond motifs is 2. The minimum absolute atomic E-state index is 0.0623. The van der Waals surface area contributed by atoms with Crippen LogP contribution in [0.2, 0.25) is 0 Å². The smallest absolute Gasteiger partial charge is 0.305 e. The number of pyridine rings is 1. The number of carbonyl (C=O) groups is 1. The lowest BCUT2D eigenvalue weighted by molar-refractivity contribution is -0.137. The third-order valence-electron chi connectivity index (χ3n) is 5.88. The molecular weight excluding hydrogens is 382 g/mol. The Morgan fingerprint density at radius 2 is 2.23 bits per heavy atom. The van der Waals surface area contributed by atoms with E-state index in [0.717, 1.165) is 53.0 Å². The molecule has 1 aliphatic carbocycles. The summed E-state index contributed by atoms with van der Waals surface area (Å²) in [5, 5.41) is 14.1. The fourth-order valence-electron chi connectivity index (χ4n) is 4.18. The fraction of sp³-hybridized carbons (Fsp3) is 0.409. The van der Waals surface area contributed by atoms with Crippen LogP contribution in [0.25, 0.3) is 11.0 Å². The molecule has 0 fully saturated rings. The predicted molar refractivity (Wildman–Crippen MR) is 112 cm³/mol. The second-order valence-corrected chi connectivity index (χ2v) is 8.76. The summed E-state index contributed by atoms with van der Waals surface area (Å²) >= 11 is 0. The molecule has 0 atom stereocenters. The van der Waals surface area contributed by atoms with Gasteiger partial charge in [0.2, 0.25) is 0 Å². The zero-order valence-corrected chi connectivity index (χ0v) is 17.1. The summed E-state index contributed by atoms with van der Waals surface area (Å²) in [4.78, 5) is 24.7. The molecule has 0 aromatic carbocycles. The third kappa shape index (κ3) is 3.32. The molecule has 0 spiro atoms.